The zero-order valence-corrected chi connectivity index (χ0v) is 13.5. The van der Waals surface area contributed by atoms with Gasteiger partial charge in [-0.15, -0.1) is 0 Å². The lowest BCUT2D eigenvalue weighted by Gasteiger charge is -2.32. The summed E-state index contributed by atoms with van der Waals surface area (Å²) in [4.78, 5) is 12.7. The van der Waals surface area contributed by atoms with E-state index >= 15 is 0 Å². The average molecular weight is 336 g/mol. The summed E-state index contributed by atoms with van der Waals surface area (Å²) in [7, 11) is 0. The zero-order chi connectivity index (χ0) is 14.2. The van der Waals surface area contributed by atoms with Gasteiger partial charge in [-0.2, -0.15) is 0 Å². The van der Waals surface area contributed by atoms with Gasteiger partial charge in [-0.05, 0) is 43.6 Å². The van der Waals surface area contributed by atoms with E-state index in [1.807, 2.05) is 18.2 Å². The van der Waals surface area contributed by atoms with Crippen molar-refractivity contribution in [1.29, 1.82) is 0 Å². The minimum Gasteiger partial charge on any atom is -0.346 e. The first-order valence-electron chi connectivity index (χ1n) is 7.56. The highest BCUT2D eigenvalue weighted by molar-refractivity contribution is 9.09. The van der Waals surface area contributed by atoms with Gasteiger partial charge in [-0.1, -0.05) is 52.7 Å². The van der Waals surface area contributed by atoms with Crippen LogP contribution in [0.25, 0.3) is 0 Å². The van der Waals surface area contributed by atoms with Crippen LogP contribution in [0, 0.1) is 17.8 Å². The van der Waals surface area contributed by atoms with Gasteiger partial charge in [0.15, 0.2) is 0 Å². The highest BCUT2D eigenvalue weighted by Gasteiger charge is 2.44. The maximum Gasteiger partial charge on any atom is 0.224 e. The Bertz CT molecular complexity index is 489. The molecule has 0 heterocycles. The Morgan fingerprint density at radius 1 is 1.30 bits per heavy atom. The SMILES string of the molecule is CC(CBr)(NC(=O)C1CC2CCC1C2)c1ccccc1. The van der Waals surface area contributed by atoms with Crippen LogP contribution in [-0.2, 0) is 10.3 Å². The normalized spacial score (nSPS) is 31.0. The van der Waals surface area contributed by atoms with Crippen LogP contribution in [0.3, 0.4) is 0 Å². The van der Waals surface area contributed by atoms with Gasteiger partial charge >= 0.3 is 0 Å². The van der Waals surface area contributed by atoms with Gasteiger partial charge in [-0.25, -0.2) is 0 Å². The quantitative estimate of drug-likeness (QED) is 0.832. The van der Waals surface area contributed by atoms with Crippen molar-refractivity contribution in [2.24, 2.45) is 17.8 Å². The second-order valence-corrected chi connectivity index (χ2v) is 7.16. The molecule has 108 valence electrons. The number of amides is 1. The molecule has 2 fully saturated rings. The van der Waals surface area contributed by atoms with Gasteiger partial charge in [0.05, 0.1) is 5.54 Å². The Morgan fingerprint density at radius 2 is 2.05 bits per heavy atom. The Labute approximate surface area is 129 Å². The number of alkyl halides is 1. The van der Waals surface area contributed by atoms with E-state index < -0.39 is 0 Å². The Morgan fingerprint density at radius 3 is 2.60 bits per heavy atom. The molecule has 2 saturated carbocycles. The molecular weight excluding hydrogens is 314 g/mol. The van der Waals surface area contributed by atoms with Crippen LogP contribution in [0.2, 0.25) is 0 Å². The fraction of sp³-hybridized carbons (Fsp3) is 0.588. The number of carbonyl (C=O) groups is 1. The topological polar surface area (TPSA) is 29.1 Å². The van der Waals surface area contributed by atoms with Gasteiger partial charge in [0.1, 0.15) is 0 Å². The second kappa shape index (κ2) is 5.51. The third-order valence-corrected chi connectivity index (χ3v) is 6.27. The van der Waals surface area contributed by atoms with E-state index in [1.165, 1.54) is 19.3 Å². The van der Waals surface area contributed by atoms with Gasteiger partial charge < -0.3 is 5.32 Å². The Kier molecular flexibility index (Phi) is 3.89. The number of carbonyl (C=O) groups excluding carboxylic acids is 1. The molecule has 0 saturated heterocycles. The van der Waals surface area contributed by atoms with Gasteiger partial charge in [0.2, 0.25) is 5.91 Å². The number of benzene rings is 1. The van der Waals surface area contributed by atoms with Gasteiger partial charge in [-0.3, -0.25) is 4.79 Å². The van der Waals surface area contributed by atoms with Crippen molar-refractivity contribution in [2.75, 3.05) is 5.33 Å². The lowest BCUT2D eigenvalue weighted by atomic mass is 9.86. The van der Waals surface area contributed by atoms with Crippen LogP contribution in [-0.4, -0.2) is 11.2 Å². The predicted octanol–water partition coefficient (Wildman–Crippen LogP) is 3.85. The fourth-order valence-corrected chi connectivity index (χ4v) is 4.38. The predicted molar refractivity (Wildman–Crippen MR) is 84.7 cm³/mol. The monoisotopic (exact) mass is 335 g/mol. The highest BCUT2D eigenvalue weighted by Crippen LogP contribution is 2.48. The van der Waals surface area contributed by atoms with Crippen LogP contribution < -0.4 is 5.32 Å². The molecule has 3 rings (SSSR count). The molecule has 1 amide bonds. The first kappa shape index (κ1) is 14.1. The molecule has 0 aliphatic heterocycles. The lowest BCUT2D eigenvalue weighted by molar-refractivity contribution is -0.128. The first-order valence-corrected chi connectivity index (χ1v) is 8.68. The fourth-order valence-electron chi connectivity index (χ4n) is 3.92. The van der Waals surface area contributed by atoms with E-state index in [1.54, 1.807) is 0 Å². The van der Waals surface area contributed by atoms with E-state index in [0.29, 0.717) is 5.92 Å². The molecule has 2 nitrogen and oxygen atoms in total. The maximum atomic E-state index is 12.7. The molecule has 4 unspecified atom stereocenters. The smallest absolute Gasteiger partial charge is 0.224 e. The maximum absolute atomic E-state index is 12.7. The van der Waals surface area contributed by atoms with E-state index in [2.05, 4.69) is 40.3 Å². The number of fused-ring (bicyclic) bond motifs is 2. The number of rotatable bonds is 4. The minimum atomic E-state index is -0.319. The molecular formula is C17H22BrNO. The Hall–Kier alpha value is -0.830. The summed E-state index contributed by atoms with van der Waals surface area (Å²) in [5.74, 6) is 1.94. The van der Waals surface area contributed by atoms with Crippen molar-refractivity contribution in [3.05, 3.63) is 35.9 Å². The van der Waals surface area contributed by atoms with Crippen LogP contribution in [0.4, 0.5) is 0 Å². The molecule has 3 heteroatoms. The van der Waals surface area contributed by atoms with E-state index in [-0.39, 0.29) is 17.4 Å². The summed E-state index contributed by atoms with van der Waals surface area (Å²) in [5, 5.41) is 4.03. The summed E-state index contributed by atoms with van der Waals surface area (Å²) in [6.07, 6.45) is 4.96. The van der Waals surface area contributed by atoms with Crippen LogP contribution in [0.15, 0.2) is 30.3 Å². The van der Waals surface area contributed by atoms with Crippen molar-refractivity contribution in [3.63, 3.8) is 0 Å². The zero-order valence-electron chi connectivity index (χ0n) is 11.9. The minimum absolute atomic E-state index is 0.246. The molecule has 0 spiro atoms. The third-order valence-electron chi connectivity index (χ3n) is 5.15. The molecule has 2 bridgehead atoms. The Balaban J connectivity index is 1.73. The number of nitrogens with one attached hydrogen (secondary N) is 1. The summed E-state index contributed by atoms with van der Waals surface area (Å²) in [5.41, 5.74) is 0.841. The molecule has 2 aliphatic carbocycles. The van der Waals surface area contributed by atoms with Crippen molar-refractivity contribution >= 4 is 21.8 Å². The average Bonchev–Trinajstić information content (AvgIpc) is 3.11. The van der Waals surface area contributed by atoms with Crippen LogP contribution in [0.1, 0.15) is 38.2 Å². The van der Waals surface area contributed by atoms with Gasteiger partial charge in [0, 0.05) is 11.2 Å². The molecule has 0 aromatic heterocycles. The van der Waals surface area contributed by atoms with Crippen molar-refractivity contribution in [1.82, 2.24) is 5.32 Å². The molecule has 20 heavy (non-hydrogen) atoms. The van der Waals surface area contributed by atoms with Gasteiger partial charge in [0.25, 0.3) is 0 Å². The summed E-state index contributed by atoms with van der Waals surface area (Å²) < 4.78 is 0. The van der Waals surface area contributed by atoms with E-state index in [4.69, 9.17) is 0 Å². The molecule has 1 N–H and O–H groups in total. The largest absolute Gasteiger partial charge is 0.346 e. The standard InChI is InChI=1S/C17H22BrNO/c1-17(11-18,14-5-3-2-4-6-14)19-16(20)15-10-12-7-8-13(15)9-12/h2-6,12-13,15H,7-11H2,1H3,(H,19,20). The number of hydrogen-bond acceptors (Lipinski definition) is 1. The summed E-state index contributed by atoms with van der Waals surface area (Å²) in [6.45, 7) is 2.10. The van der Waals surface area contributed by atoms with Crippen molar-refractivity contribution in [2.45, 2.75) is 38.1 Å². The molecule has 1 aromatic carbocycles. The second-order valence-electron chi connectivity index (χ2n) is 6.60. The molecule has 1 aromatic rings. The summed E-state index contributed by atoms with van der Waals surface area (Å²) in [6, 6.07) is 10.2. The third kappa shape index (κ3) is 2.52. The van der Waals surface area contributed by atoms with Crippen LogP contribution >= 0.6 is 15.9 Å². The van der Waals surface area contributed by atoms with E-state index in [9.17, 15) is 4.79 Å². The number of halogens is 1. The highest BCUT2D eigenvalue weighted by atomic mass is 79.9. The number of hydrogen-bond donors (Lipinski definition) is 1. The molecule has 4 atom stereocenters. The van der Waals surface area contributed by atoms with Crippen molar-refractivity contribution < 1.29 is 4.79 Å². The summed E-state index contributed by atoms with van der Waals surface area (Å²) >= 11 is 3.57. The van der Waals surface area contributed by atoms with Crippen LogP contribution in [0.5, 0.6) is 0 Å². The van der Waals surface area contributed by atoms with Crippen molar-refractivity contribution in [3.8, 4) is 0 Å². The molecule has 2 aliphatic rings. The van der Waals surface area contributed by atoms with E-state index in [0.717, 1.165) is 23.2 Å². The lowest BCUT2D eigenvalue weighted by Crippen LogP contribution is -2.48. The first-order chi connectivity index (χ1) is 9.62. The molecule has 0 radical (unpaired) electrons.